The van der Waals surface area contributed by atoms with Gasteiger partial charge in [-0.3, -0.25) is 0 Å². The van der Waals surface area contributed by atoms with Crippen LogP contribution in [0.2, 0.25) is 0 Å². The van der Waals surface area contributed by atoms with E-state index in [4.69, 9.17) is 0 Å². The molecule has 0 aromatic carbocycles. The van der Waals surface area contributed by atoms with Crippen LogP contribution in [0.5, 0.6) is 0 Å². The summed E-state index contributed by atoms with van der Waals surface area (Å²) in [6, 6.07) is 0. The quantitative estimate of drug-likeness (QED) is 0.658. The van der Waals surface area contributed by atoms with Crippen molar-refractivity contribution in [1.29, 1.82) is 0 Å². The van der Waals surface area contributed by atoms with Crippen LogP contribution in [0.1, 0.15) is 40.0 Å². The van der Waals surface area contributed by atoms with E-state index in [0.717, 1.165) is 12.8 Å². The number of hydrogen-bond acceptors (Lipinski definition) is 3. The smallest absolute Gasteiger partial charge is 0.0618 e. The van der Waals surface area contributed by atoms with Crippen LogP contribution in [-0.2, 0) is 0 Å². The number of aliphatic hydroxyl groups excluding tert-OH is 3. The topological polar surface area (TPSA) is 60.7 Å². The highest BCUT2D eigenvalue weighted by atomic mass is 16.3. The van der Waals surface area contributed by atoms with Gasteiger partial charge in [-0.05, 0) is 37.5 Å². The van der Waals surface area contributed by atoms with Crippen molar-refractivity contribution in [2.45, 2.75) is 46.1 Å². The Morgan fingerprint density at radius 2 is 2.00 bits per heavy atom. The van der Waals surface area contributed by atoms with E-state index in [1.165, 1.54) is 5.57 Å². The van der Waals surface area contributed by atoms with Crippen molar-refractivity contribution in [2.24, 2.45) is 22.7 Å². The van der Waals surface area contributed by atoms with Crippen molar-refractivity contribution in [1.82, 2.24) is 0 Å². The molecule has 0 spiro atoms. The number of rotatable bonds is 2. The first-order chi connectivity index (χ1) is 8.40. The summed E-state index contributed by atoms with van der Waals surface area (Å²) in [6.07, 6.45) is 4.27. The van der Waals surface area contributed by atoms with E-state index in [1.54, 1.807) is 0 Å². The molecule has 0 aromatic heterocycles. The third kappa shape index (κ3) is 1.75. The van der Waals surface area contributed by atoms with E-state index in [0.29, 0.717) is 6.42 Å². The molecular weight excluding hydrogens is 228 g/mol. The maximum absolute atomic E-state index is 10.3. The fraction of sp³-hybridized carbons (Fsp3) is 0.867. The van der Waals surface area contributed by atoms with Crippen LogP contribution in [0.4, 0.5) is 0 Å². The monoisotopic (exact) mass is 254 g/mol. The van der Waals surface area contributed by atoms with Crippen LogP contribution in [0.15, 0.2) is 11.6 Å². The second-order valence-corrected chi connectivity index (χ2v) is 6.70. The average molecular weight is 254 g/mol. The molecule has 3 nitrogen and oxygen atoms in total. The molecule has 2 aliphatic carbocycles. The van der Waals surface area contributed by atoms with Crippen LogP contribution in [-0.4, -0.2) is 34.6 Å². The lowest BCUT2D eigenvalue weighted by molar-refractivity contribution is -0.148. The van der Waals surface area contributed by atoms with Gasteiger partial charge in [0.1, 0.15) is 0 Å². The highest BCUT2D eigenvalue weighted by Gasteiger charge is 2.56. The molecule has 0 aromatic rings. The molecular formula is C15H26O3. The molecule has 1 saturated carbocycles. The summed E-state index contributed by atoms with van der Waals surface area (Å²) in [6.45, 7) is 6.47. The Morgan fingerprint density at radius 1 is 1.33 bits per heavy atom. The summed E-state index contributed by atoms with van der Waals surface area (Å²) >= 11 is 0. The zero-order valence-corrected chi connectivity index (χ0v) is 11.7. The molecule has 0 heterocycles. The van der Waals surface area contributed by atoms with Gasteiger partial charge in [-0.1, -0.05) is 25.5 Å². The minimum atomic E-state index is -0.447. The normalized spacial score (nSPS) is 48.6. The van der Waals surface area contributed by atoms with Gasteiger partial charge in [0.15, 0.2) is 0 Å². The Labute approximate surface area is 110 Å². The maximum atomic E-state index is 10.3. The van der Waals surface area contributed by atoms with Crippen molar-refractivity contribution >= 4 is 0 Å². The molecule has 2 rings (SSSR count). The second kappa shape index (κ2) is 4.62. The Morgan fingerprint density at radius 3 is 2.56 bits per heavy atom. The van der Waals surface area contributed by atoms with Gasteiger partial charge in [0.2, 0.25) is 0 Å². The van der Waals surface area contributed by atoms with Crippen molar-refractivity contribution in [3.63, 3.8) is 0 Å². The van der Waals surface area contributed by atoms with Crippen LogP contribution >= 0.6 is 0 Å². The van der Waals surface area contributed by atoms with Crippen LogP contribution in [0.3, 0.4) is 0 Å². The molecule has 5 atom stereocenters. The van der Waals surface area contributed by atoms with Gasteiger partial charge in [0.25, 0.3) is 0 Å². The zero-order chi connectivity index (χ0) is 13.6. The van der Waals surface area contributed by atoms with E-state index in [-0.39, 0.29) is 30.5 Å². The predicted molar refractivity (Wildman–Crippen MR) is 71.0 cm³/mol. The first kappa shape index (κ1) is 14.0. The van der Waals surface area contributed by atoms with Gasteiger partial charge in [-0.25, -0.2) is 0 Å². The average Bonchev–Trinajstić information content (AvgIpc) is 2.34. The van der Waals surface area contributed by atoms with E-state index in [1.807, 2.05) is 6.92 Å². The van der Waals surface area contributed by atoms with Crippen molar-refractivity contribution < 1.29 is 15.3 Å². The van der Waals surface area contributed by atoms with E-state index >= 15 is 0 Å². The van der Waals surface area contributed by atoms with Gasteiger partial charge in [-0.2, -0.15) is 0 Å². The molecule has 3 N–H and O–H groups in total. The highest BCUT2D eigenvalue weighted by Crippen LogP contribution is 2.59. The van der Waals surface area contributed by atoms with E-state index < -0.39 is 11.5 Å². The minimum absolute atomic E-state index is 0.00963. The number of aliphatic hydroxyl groups is 3. The van der Waals surface area contributed by atoms with E-state index in [9.17, 15) is 15.3 Å². The number of fused-ring (bicyclic) bond motifs is 1. The SMILES string of the molecule is CC1=CCC2C(C)(CO)C(O)CCC2(C)C1CO. The third-order valence-electron chi connectivity index (χ3n) is 5.85. The maximum Gasteiger partial charge on any atom is 0.0618 e. The molecule has 5 unspecified atom stereocenters. The zero-order valence-electron chi connectivity index (χ0n) is 11.7. The largest absolute Gasteiger partial charge is 0.396 e. The van der Waals surface area contributed by atoms with Crippen molar-refractivity contribution in [2.75, 3.05) is 13.2 Å². The lowest BCUT2D eigenvalue weighted by atomic mass is 9.47. The molecule has 0 radical (unpaired) electrons. The first-order valence-electron chi connectivity index (χ1n) is 6.96. The van der Waals surface area contributed by atoms with Crippen LogP contribution in [0.25, 0.3) is 0 Å². The second-order valence-electron chi connectivity index (χ2n) is 6.70. The summed E-state index contributed by atoms with van der Waals surface area (Å²) < 4.78 is 0. The highest BCUT2D eigenvalue weighted by molar-refractivity contribution is 5.19. The first-order valence-corrected chi connectivity index (χ1v) is 6.96. The molecule has 0 bridgehead atoms. The summed E-state index contributed by atoms with van der Waals surface area (Å²) in [5.41, 5.74) is 0.801. The van der Waals surface area contributed by atoms with Gasteiger partial charge in [-0.15, -0.1) is 0 Å². The van der Waals surface area contributed by atoms with Crippen molar-refractivity contribution in [3.05, 3.63) is 11.6 Å². The number of allylic oxidation sites excluding steroid dienone is 1. The molecule has 0 aliphatic heterocycles. The van der Waals surface area contributed by atoms with E-state index in [2.05, 4.69) is 19.9 Å². The Balaban J connectivity index is 2.43. The summed E-state index contributed by atoms with van der Waals surface area (Å²) in [5, 5.41) is 29.7. The Bertz CT molecular complexity index is 352. The summed E-state index contributed by atoms with van der Waals surface area (Å²) in [7, 11) is 0. The van der Waals surface area contributed by atoms with Crippen LogP contribution in [0, 0.1) is 22.7 Å². The Hall–Kier alpha value is -0.380. The molecule has 0 amide bonds. The Kier molecular flexibility index (Phi) is 3.60. The van der Waals surface area contributed by atoms with Gasteiger partial charge in [0.05, 0.1) is 19.3 Å². The molecule has 104 valence electrons. The molecule has 18 heavy (non-hydrogen) atoms. The minimum Gasteiger partial charge on any atom is -0.396 e. The molecule has 1 fully saturated rings. The number of hydrogen-bond donors (Lipinski definition) is 3. The lowest BCUT2D eigenvalue weighted by Gasteiger charge is -2.58. The van der Waals surface area contributed by atoms with Gasteiger partial charge in [0, 0.05) is 11.3 Å². The fourth-order valence-electron chi connectivity index (χ4n) is 4.43. The summed E-state index contributed by atoms with van der Waals surface area (Å²) in [5.74, 6) is 0.397. The molecule has 2 aliphatic rings. The van der Waals surface area contributed by atoms with Gasteiger partial charge < -0.3 is 15.3 Å². The fourth-order valence-corrected chi connectivity index (χ4v) is 4.43. The van der Waals surface area contributed by atoms with Crippen LogP contribution < -0.4 is 0 Å². The molecule has 3 heteroatoms. The van der Waals surface area contributed by atoms with Gasteiger partial charge >= 0.3 is 0 Å². The summed E-state index contributed by atoms with van der Waals surface area (Å²) in [4.78, 5) is 0. The van der Waals surface area contributed by atoms with Crippen molar-refractivity contribution in [3.8, 4) is 0 Å². The standard InChI is InChI=1S/C15H26O3/c1-10-4-5-12-14(2,11(10)8-16)7-6-13(18)15(12,3)9-17/h4,11-13,16-18H,5-9H2,1-3H3. The third-order valence-corrected chi connectivity index (χ3v) is 5.85. The lowest BCUT2D eigenvalue weighted by Crippen LogP contribution is -2.57. The predicted octanol–water partition coefficient (Wildman–Crippen LogP) is 1.72. The molecule has 0 saturated heterocycles.